The van der Waals surface area contributed by atoms with Gasteiger partial charge < -0.3 is 9.55 Å². The predicted molar refractivity (Wildman–Crippen MR) is 124 cm³/mol. The molecular formula is C22H21ClN4O4S. The minimum atomic E-state index is -4.21. The van der Waals surface area contributed by atoms with E-state index in [1.54, 1.807) is 12.1 Å². The van der Waals surface area contributed by atoms with E-state index in [-0.39, 0.29) is 6.54 Å². The lowest BCUT2D eigenvalue weighted by molar-refractivity contribution is 0.567. The zero-order chi connectivity index (χ0) is 23.0. The van der Waals surface area contributed by atoms with Crippen molar-refractivity contribution in [3.8, 4) is 0 Å². The SMILES string of the molecule is Cn1cc(S(=O)(=O)NCC(c2ccccc2Cl)c2c[nH]c3ccccc23)c(=O)n(C)c1=O. The molecule has 2 aromatic heterocycles. The number of nitrogens with one attached hydrogen (secondary N) is 2. The first-order chi connectivity index (χ1) is 15.2. The summed E-state index contributed by atoms with van der Waals surface area (Å²) in [6.07, 6.45) is 2.86. The highest BCUT2D eigenvalue weighted by Gasteiger charge is 2.26. The molecule has 0 radical (unpaired) electrons. The van der Waals surface area contributed by atoms with Gasteiger partial charge in [0, 0.05) is 54.9 Å². The van der Waals surface area contributed by atoms with Crippen LogP contribution >= 0.6 is 11.6 Å². The van der Waals surface area contributed by atoms with Crippen molar-refractivity contribution in [2.24, 2.45) is 14.1 Å². The largest absolute Gasteiger partial charge is 0.361 e. The average molecular weight is 473 g/mol. The van der Waals surface area contributed by atoms with E-state index in [4.69, 9.17) is 11.6 Å². The molecule has 0 aliphatic heterocycles. The van der Waals surface area contributed by atoms with Crippen LogP contribution in [0.5, 0.6) is 0 Å². The van der Waals surface area contributed by atoms with Crippen LogP contribution < -0.4 is 16.0 Å². The fourth-order valence-electron chi connectivity index (χ4n) is 3.76. The van der Waals surface area contributed by atoms with Gasteiger partial charge in [0.05, 0.1) is 0 Å². The Bertz CT molecular complexity index is 1540. The summed E-state index contributed by atoms with van der Waals surface area (Å²) in [6, 6.07) is 14.9. The van der Waals surface area contributed by atoms with E-state index in [1.807, 2.05) is 42.6 Å². The molecule has 0 aliphatic rings. The Morgan fingerprint density at radius 2 is 1.72 bits per heavy atom. The maximum absolute atomic E-state index is 13.0. The standard InChI is InChI=1S/C22H21ClN4O4S/c1-26-13-20(21(28)27(2)22(26)29)32(30,31)25-12-17(14-7-3-5-9-18(14)23)16-11-24-19-10-6-4-8-15(16)19/h3-11,13,17,24-25H,12H2,1-2H3. The summed E-state index contributed by atoms with van der Waals surface area (Å²) >= 11 is 6.46. The van der Waals surface area contributed by atoms with Gasteiger partial charge in [0.25, 0.3) is 5.56 Å². The molecule has 0 saturated heterocycles. The molecule has 4 aromatic rings. The molecule has 2 aromatic carbocycles. The van der Waals surface area contributed by atoms with E-state index in [9.17, 15) is 18.0 Å². The lowest BCUT2D eigenvalue weighted by Crippen LogP contribution is -2.42. The van der Waals surface area contributed by atoms with Gasteiger partial charge in [-0.2, -0.15) is 0 Å². The van der Waals surface area contributed by atoms with Crippen molar-refractivity contribution >= 4 is 32.5 Å². The molecule has 8 nitrogen and oxygen atoms in total. The molecule has 4 rings (SSSR count). The zero-order valence-electron chi connectivity index (χ0n) is 17.4. The summed E-state index contributed by atoms with van der Waals surface area (Å²) < 4.78 is 30.4. The molecule has 0 saturated carbocycles. The highest BCUT2D eigenvalue weighted by Crippen LogP contribution is 2.34. The lowest BCUT2D eigenvalue weighted by atomic mass is 9.91. The van der Waals surface area contributed by atoms with Crippen LogP contribution in [0.4, 0.5) is 0 Å². The predicted octanol–water partition coefficient (Wildman–Crippen LogP) is 2.33. The van der Waals surface area contributed by atoms with Crippen molar-refractivity contribution in [2.45, 2.75) is 10.8 Å². The van der Waals surface area contributed by atoms with Crippen molar-refractivity contribution in [3.05, 3.63) is 97.9 Å². The minimum absolute atomic E-state index is 0.0418. The van der Waals surface area contributed by atoms with Crippen molar-refractivity contribution in [1.82, 2.24) is 18.8 Å². The number of hydrogen-bond donors (Lipinski definition) is 2. The second-order valence-corrected chi connectivity index (χ2v) is 9.61. The molecule has 1 unspecified atom stereocenters. The molecule has 1 atom stereocenters. The average Bonchev–Trinajstić information content (AvgIpc) is 3.20. The van der Waals surface area contributed by atoms with Crippen LogP contribution in [0.3, 0.4) is 0 Å². The summed E-state index contributed by atoms with van der Waals surface area (Å²) in [4.78, 5) is 27.1. The molecule has 0 aliphatic carbocycles. The van der Waals surface area contributed by atoms with Crippen LogP contribution in [0, 0.1) is 0 Å². The van der Waals surface area contributed by atoms with Crippen LogP contribution in [0.25, 0.3) is 10.9 Å². The summed E-state index contributed by atoms with van der Waals surface area (Å²) in [5.41, 5.74) is 1.03. The molecule has 32 heavy (non-hydrogen) atoms. The second-order valence-electron chi connectivity index (χ2n) is 7.47. The van der Waals surface area contributed by atoms with E-state index in [0.717, 1.165) is 37.4 Å². The van der Waals surface area contributed by atoms with Crippen LogP contribution in [-0.4, -0.2) is 29.1 Å². The highest BCUT2D eigenvalue weighted by atomic mass is 35.5. The molecule has 0 amide bonds. The molecular weight excluding hydrogens is 452 g/mol. The third kappa shape index (κ3) is 3.90. The monoisotopic (exact) mass is 472 g/mol. The Morgan fingerprint density at radius 3 is 2.47 bits per heavy atom. The fourth-order valence-corrected chi connectivity index (χ4v) is 5.23. The molecule has 0 fully saturated rings. The Balaban J connectivity index is 1.77. The zero-order valence-corrected chi connectivity index (χ0v) is 18.9. The highest BCUT2D eigenvalue weighted by molar-refractivity contribution is 7.89. The molecule has 10 heteroatoms. The first kappa shape index (κ1) is 22.1. The van der Waals surface area contributed by atoms with Gasteiger partial charge in [0.1, 0.15) is 0 Å². The molecule has 166 valence electrons. The topological polar surface area (TPSA) is 106 Å². The summed E-state index contributed by atoms with van der Waals surface area (Å²) in [5, 5.41) is 1.44. The second kappa shape index (κ2) is 8.42. The maximum Gasteiger partial charge on any atom is 0.330 e. The normalized spacial score (nSPS) is 12.8. The van der Waals surface area contributed by atoms with E-state index < -0.39 is 32.1 Å². The number of fused-ring (bicyclic) bond motifs is 1. The smallest absolute Gasteiger partial charge is 0.330 e. The van der Waals surface area contributed by atoms with Gasteiger partial charge >= 0.3 is 5.69 Å². The Hall–Kier alpha value is -3.14. The number of halogens is 1. The molecule has 0 bridgehead atoms. The fraction of sp³-hybridized carbons (Fsp3) is 0.182. The third-order valence-corrected chi connectivity index (χ3v) is 7.21. The van der Waals surface area contributed by atoms with Gasteiger partial charge in [-0.15, -0.1) is 0 Å². The van der Waals surface area contributed by atoms with Gasteiger partial charge in [-0.25, -0.2) is 17.9 Å². The summed E-state index contributed by atoms with van der Waals surface area (Å²) in [6.45, 7) is -0.0418. The van der Waals surface area contributed by atoms with Crippen molar-refractivity contribution in [2.75, 3.05) is 6.54 Å². The van der Waals surface area contributed by atoms with E-state index in [0.29, 0.717) is 5.02 Å². The first-order valence-corrected chi connectivity index (χ1v) is 11.6. The third-order valence-electron chi connectivity index (χ3n) is 5.46. The van der Waals surface area contributed by atoms with Crippen LogP contribution in [0.1, 0.15) is 17.0 Å². The van der Waals surface area contributed by atoms with Crippen molar-refractivity contribution < 1.29 is 8.42 Å². The van der Waals surface area contributed by atoms with Gasteiger partial charge in [-0.05, 0) is 23.3 Å². The van der Waals surface area contributed by atoms with Gasteiger partial charge in [-0.3, -0.25) is 9.36 Å². The number of hydrogen-bond acceptors (Lipinski definition) is 4. The lowest BCUT2D eigenvalue weighted by Gasteiger charge is -2.19. The minimum Gasteiger partial charge on any atom is -0.361 e. The van der Waals surface area contributed by atoms with Crippen LogP contribution in [0.2, 0.25) is 5.02 Å². The van der Waals surface area contributed by atoms with Crippen LogP contribution in [0.15, 0.2) is 75.4 Å². The number of aryl methyl sites for hydroxylation is 1. The number of para-hydroxylation sites is 1. The van der Waals surface area contributed by atoms with Gasteiger partial charge in [0.15, 0.2) is 4.90 Å². The summed E-state index contributed by atoms with van der Waals surface area (Å²) in [5.74, 6) is -0.425. The van der Waals surface area contributed by atoms with E-state index >= 15 is 0 Å². The summed E-state index contributed by atoms with van der Waals surface area (Å²) in [7, 11) is -1.58. The number of aromatic nitrogens is 3. The Labute approximate surface area is 189 Å². The van der Waals surface area contributed by atoms with E-state index in [2.05, 4.69) is 9.71 Å². The van der Waals surface area contributed by atoms with Gasteiger partial charge in [0.2, 0.25) is 10.0 Å². The number of aromatic amines is 1. The van der Waals surface area contributed by atoms with E-state index in [1.165, 1.54) is 14.1 Å². The number of rotatable bonds is 6. The van der Waals surface area contributed by atoms with Crippen molar-refractivity contribution in [3.63, 3.8) is 0 Å². The Morgan fingerprint density at radius 1 is 1.03 bits per heavy atom. The van der Waals surface area contributed by atoms with Crippen molar-refractivity contribution in [1.29, 1.82) is 0 Å². The van der Waals surface area contributed by atoms with Crippen LogP contribution in [-0.2, 0) is 24.1 Å². The Kier molecular flexibility index (Phi) is 5.81. The first-order valence-electron chi connectivity index (χ1n) is 9.77. The van der Waals surface area contributed by atoms with Gasteiger partial charge in [-0.1, -0.05) is 48.0 Å². The quantitative estimate of drug-likeness (QED) is 0.449. The molecule has 0 spiro atoms. The number of nitrogens with zero attached hydrogens (tertiary/aromatic N) is 2. The number of benzene rings is 2. The number of sulfonamides is 1. The number of H-pyrrole nitrogens is 1. The molecule has 2 heterocycles. The maximum atomic E-state index is 13.0. The molecule has 2 N–H and O–H groups in total.